The Kier molecular flexibility index (Phi) is 3.05. The monoisotopic (exact) mass is 226 g/mol. The normalized spacial score (nSPS) is 11.8. The SMILES string of the molecule is NCC(F)(F)c1cc(Cl)nc(Cl)c1. The highest BCUT2D eigenvalue weighted by Crippen LogP contribution is 2.29. The third-order valence-electron chi connectivity index (χ3n) is 1.44. The van der Waals surface area contributed by atoms with Crippen LogP contribution >= 0.6 is 23.2 Å². The van der Waals surface area contributed by atoms with Crippen LogP contribution in [0.5, 0.6) is 0 Å². The highest BCUT2D eigenvalue weighted by Gasteiger charge is 2.30. The van der Waals surface area contributed by atoms with Crippen molar-refractivity contribution in [3.8, 4) is 0 Å². The second kappa shape index (κ2) is 3.74. The molecule has 0 saturated carbocycles. The molecule has 0 unspecified atom stereocenters. The van der Waals surface area contributed by atoms with Crippen molar-refractivity contribution in [2.75, 3.05) is 6.54 Å². The molecule has 0 radical (unpaired) electrons. The van der Waals surface area contributed by atoms with E-state index in [1.165, 1.54) is 0 Å². The molecule has 1 heterocycles. The van der Waals surface area contributed by atoms with Crippen LogP contribution in [0, 0.1) is 0 Å². The van der Waals surface area contributed by atoms with Gasteiger partial charge in [-0.25, -0.2) is 4.98 Å². The van der Waals surface area contributed by atoms with E-state index in [-0.39, 0.29) is 15.9 Å². The van der Waals surface area contributed by atoms with Gasteiger partial charge in [-0.1, -0.05) is 23.2 Å². The predicted molar refractivity (Wildman–Crippen MR) is 47.2 cm³/mol. The van der Waals surface area contributed by atoms with Gasteiger partial charge in [-0.2, -0.15) is 8.78 Å². The summed E-state index contributed by atoms with van der Waals surface area (Å²) in [5.41, 5.74) is 4.56. The lowest BCUT2D eigenvalue weighted by Gasteiger charge is -2.14. The Morgan fingerprint density at radius 3 is 2.15 bits per heavy atom. The van der Waals surface area contributed by atoms with E-state index in [1.54, 1.807) is 0 Å². The number of rotatable bonds is 2. The van der Waals surface area contributed by atoms with Gasteiger partial charge in [0.1, 0.15) is 10.3 Å². The lowest BCUT2D eigenvalue weighted by molar-refractivity contribution is 0.00588. The van der Waals surface area contributed by atoms with Crippen LogP contribution in [0.2, 0.25) is 10.3 Å². The number of hydrogen-bond acceptors (Lipinski definition) is 2. The van der Waals surface area contributed by atoms with E-state index in [0.29, 0.717) is 0 Å². The van der Waals surface area contributed by atoms with Crippen molar-refractivity contribution in [1.82, 2.24) is 4.98 Å². The molecule has 0 aliphatic carbocycles. The Bertz CT molecular complexity index is 297. The molecule has 0 bridgehead atoms. The zero-order chi connectivity index (χ0) is 10.1. The predicted octanol–water partition coefficient (Wildman–Crippen LogP) is 2.44. The third-order valence-corrected chi connectivity index (χ3v) is 1.83. The van der Waals surface area contributed by atoms with Crippen LogP contribution in [0.15, 0.2) is 12.1 Å². The standard InChI is InChI=1S/C7H6Cl2F2N2/c8-5-1-4(2-6(9)13-5)7(10,11)3-12/h1-2H,3,12H2. The summed E-state index contributed by atoms with van der Waals surface area (Å²) in [6.45, 7) is -0.788. The minimum absolute atomic E-state index is 0.0735. The van der Waals surface area contributed by atoms with E-state index in [1.807, 2.05) is 0 Å². The van der Waals surface area contributed by atoms with Crippen molar-refractivity contribution >= 4 is 23.2 Å². The van der Waals surface area contributed by atoms with Gasteiger partial charge in [0.2, 0.25) is 0 Å². The van der Waals surface area contributed by atoms with Crippen LogP contribution in [-0.4, -0.2) is 11.5 Å². The molecule has 0 aromatic carbocycles. The molecule has 0 amide bonds. The van der Waals surface area contributed by atoms with Gasteiger partial charge < -0.3 is 5.73 Å². The van der Waals surface area contributed by atoms with Crippen LogP contribution < -0.4 is 5.73 Å². The van der Waals surface area contributed by atoms with Crippen LogP contribution in [0.4, 0.5) is 8.78 Å². The molecule has 2 nitrogen and oxygen atoms in total. The first-order chi connectivity index (χ1) is 5.95. The van der Waals surface area contributed by atoms with Gasteiger partial charge in [-0.05, 0) is 12.1 Å². The fourth-order valence-corrected chi connectivity index (χ4v) is 1.25. The van der Waals surface area contributed by atoms with Crippen molar-refractivity contribution in [3.63, 3.8) is 0 Å². The Morgan fingerprint density at radius 2 is 1.77 bits per heavy atom. The second-order valence-electron chi connectivity index (χ2n) is 2.41. The number of pyridine rings is 1. The number of aromatic nitrogens is 1. The Hall–Kier alpha value is -0.450. The fourth-order valence-electron chi connectivity index (χ4n) is 0.794. The Balaban J connectivity index is 3.15. The smallest absolute Gasteiger partial charge is 0.285 e. The average molecular weight is 227 g/mol. The summed E-state index contributed by atoms with van der Waals surface area (Å²) in [5, 5.41) is -0.147. The van der Waals surface area contributed by atoms with Crippen LogP contribution in [0.25, 0.3) is 0 Å². The van der Waals surface area contributed by atoms with Gasteiger partial charge in [0.25, 0.3) is 5.92 Å². The average Bonchev–Trinajstić information content (AvgIpc) is 2.02. The van der Waals surface area contributed by atoms with E-state index in [4.69, 9.17) is 28.9 Å². The number of nitrogens with two attached hydrogens (primary N) is 1. The summed E-state index contributed by atoms with van der Waals surface area (Å²) >= 11 is 10.9. The molecule has 6 heteroatoms. The van der Waals surface area contributed by atoms with Gasteiger partial charge in [0.15, 0.2) is 0 Å². The first kappa shape index (κ1) is 10.6. The topological polar surface area (TPSA) is 38.9 Å². The number of halogens is 4. The zero-order valence-electron chi connectivity index (χ0n) is 6.40. The molecule has 0 aliphatic rings. The van der Waals surface area contributed by atoms with Crippen molar-refractivity contribution in [1.29, 1.82) is 0 Å². The Morgan fingerprint density at radius 1 is 1.31 bits per heavy atom. The molecule has 0 aliphatic heterocycles. The molecular weight excluding hydrogens is 221 g/mol. The number of hydrogen-bond donors (Lipinski definition) is 1. The minimum atomic E-state index is -3.11. The van der Waals surface area contributed by atoms with Crippen molar-refractivity contribution < 1.29 is 8.78 Å². The van der Waals surface area contributed by atoms with Gasteiger partial charge in [-0.15, -0.1) is 0 Å². The molecule has 1 aromatic rings. The lowest BCUT2D eigenvalue weighted by atomic mass is 10.1. The Labute approximate surface area is 83.7 Å². The van der Waals surface area contributed by atoms with Gasteiger partial charge in [0, 0.05) is 5.56 Å². The molecule has 13 heavy (non-hydrogen) atoms. The van der Waals surface area contributed by atoms with Crippen molar-refractivity contribution in [2.24, 2.45) is 5.73 Å². The van der Waals surface area contributed by atoms with E-state index in [0.717, 1.165) is 12.1 Å². The van der Waals surface area contributed by atoms with Gasteiger partial charge in [0.05, 0.1) is 6.54 Å². The maximum atomic E-state index is 13.0. The summed E-state index contributed by atoms with van der Waals surface area (Å²) in [6.07, 6.45) is 0. The highest BCUT2D eigenvalue weighted by atomic mass is 35.5. The minimum Gasteiger partial charge on any atom is -0.325 e. The fraction of sp³-hybridized carbons (Fsp3) is 0.286. The van der Waals surface area contributed by atoms with Crippen LogP contribution in [0.1, 0.15) is 5.56 Å². The quantitative estimate of drug-likeness (QED) is 0.788. The van der Waals surface area contributed by atoms with Gasteiger partial charge >= 0.3 is 0 Å². The molecule has 0 saturated heterocycles. The number of nitrogens with zero attached hydrogens (tertiary/aromatic N) is 1. The van der Waals surface area contributed by atoms with Gasteiger partial charge in [-0.3, -0.25) is 0 Å². The zero-order valence-corrected chi connectivity index (χ0v) is 7.91. The number of alkyl halides is 2. The summed E-state index contributed by atoms with van der Waals surface area (Å²) in [5.74, 6) is -3.11. The van der Waals surface area contributed by atoms with E-state index < -0.39 is 12.5 Å². The van der Waals surface area contributed by atoms with E-state index in [9.17, 15) is 8.78 Å². The maximum Gasteiger partial charge on any atom is 0.285 e. The molecule has 0 spiro atoms. The first-order valence-corrected chi connectivity index (χ1v) is 4.13. The van der Waals surface area contributed by atoms with Crippen molar-refractivity contribution in [2.45, 2.75) is 5.92 Å². The third kappa shape index (κ3) is 2.49. The molecule has 1 rings (SSSR count). The van der Waals surface area contributed by atoms with Crippen molar-refractivity contribution in [3.05, 3.63) is 28.0 Å². The lowest BCUT2D eigenvalue weighted by Crippen LogP contribution is -2.25. The molecule has 1 aromatic heterocycles. The summed E-state index contributed by atoms with van der Waals surface area (Å²) in [4.78, 5) is 3.54. The summed E-state index contributed by atoms with van der Waals surface area (Å²) in [6, 6.07) is 2.08. The molecule has 2 N–H and O–H groups in total. The van der Waals surface area contributed by atoms with E-state index >= 15 is 0 Å². The van der Waals surface area contributed by atoms with Crippen LogP contribution in [-0.2, 0) is 5.92 Å². The largest absolute Gasteiger partial charge is 0.325 e. The molecular formula is C7H6Cl2F2N2. The molecule has 0 atom stereocenters. The van der Waals surface area contributed by atoms with Crippen LogP contribution in [0.3, 0.4) is 0 Å². The molecule has 0 fully saturated rings. The maximum absolute atomic E-state index is 13.0. The first-order valence-electron chi connectivity index (χ1n) is 3.37. The molecule has 72 valence electrons. The summed E-state index contributed by atoms with van der Waals surface area (Å²) in [7, 11) is 0. The van der Waals surface area contributed by atoms with E-state index in [2.05, 4.69) is 4.98 Å². The summed E-state index contributed by atoms with van der Waals surface area (Å²) < 4.78 is 26.0. The second-order valence-corrected chi connectivity index (χ2v) is 3.18. The highest BCUT2D eigenvalue weighted by molar-refractivity contribution is 6.32.